The number of nitrogens with one attached hydrogen (secondary N) is 1. The SMILES string of the molecule is CC(CC(N)=O)C(=O)Nc1ccccc1C(C)(C)C. The summed E-state index contributed by atoms with van der Waals surface area (Å²) in [6.07, 6.45) is 0.0590. The van der Waals surface area contributed by atoms with Crippen molar-refractivity contribution >= 4 is 17.5 Å². The lowest BCUT2D eigenvalue weighted by Gasteiger charge is -2.23. The fraction of sp³-hybridized carbons (Fsp3) is 0.467. The van der Waals surface area contributed by atoms with Crippen molar-refractivity contribution < 1.29 is 9.59 Å². The summed E-state index contributed by atoms with van der Waals surface area (Å²) in [6.45, 7) is 7.96. The summed E-state index contributed by atoms with van der Waals surface area (Å²) in [5, 5.41) is 2.88. The van der Waals surface area contributed by atoms with Gasteiger partial charge < -0.3 is 11.1 Å². The normalized spacial score (nSPS) is 12.8. The van der Waals surface area contributed by atoms with Gasteiger partial charge in [0.2, 0.25) is 11.8 Å². The zero-order valence-electron chi connectivity index (χ0n) is 12.0. The lowest BCUT2D eigenvalue weighted by molar-refractivity contribution is -0.125. The molecule has 0 fully saturated rings. The molecule has 1 aromatic carbocycles. The second-order valence-corrected chi connectivity index (χ2v) is 5.86. The number of amides is 2. The first-order valence-corrected chi connectivity index (χ1v) is 6.40. The quantitative estimate of drug-likeness (QED) is 0.874. The molecule has 4 nitrogen and oxygen atoms in total. The van der Waals surface area contributed by atoms with Crippen LogP contribution in [0.2, 0.25) is 0 Å². The predicted molar refractivity (Wildman–Crippen MR) is 76.7 cm³/mol. The molecule has 3 N–H and O–H groups in total. The number of anilines is 1. The van der Waals surface area contributed by atoms with Crippen LogP contribution in [-0.2, 0) is 15.0 Å². The van der Waals surface area contributed by atoms with Gasteiger partial charge in [-0.1, -0.05) is 45.9 Å². The van der Waals surface area contributed by atoms with Gasteiger partial charge in [-0.25, -0.2) is 0 Å². The molecule has 104 valence electrons. The molecule has 0 bridgehead atoms. The van der Waals surface area contributed by atoms with E-state index in [0.29, 0.717) is 0 Å². The smallest absolute Gasteiger partial charge is 0.227 e. The van der Waals surface area contributed by atoms with Gasteiger partial charge in [0.15, 0.2) is 0 Å². The maximum atomic E-state index is 12.0. The van der Waals surface area contributed by atoms with E-state index >= 15 is 0 Å². The van der Waals surface area contributed by atoms with Crippen LogP contribution in [0, 0.1) is 5.92 Å². The molecule has 0 aromatic heterocycles. The van der Waals surface area contributed by atoms with E-state index < -0.39 is 11.8 Å². The molecule has 0 saturated carbocycles. The number of hydrogen-bond acceptors (Lipinski definition) is 2. The van der Waals surface area contributed by atoms with Gasteiger partial charge >= 0.3 is 0 Å². The first-order chi connectivity index (χ1) is 8.71. The Hall–Kier alpha value is -1.84. The molecule has 0 aliphatic carbocycles. The largest absolute Gasteiger partial charge is 0.370 e. The Morgan fingerprint density at radius 3 is 2.37 bits per heavy atom. The molecule has 1 unspecified atom stereocenters. The van der Waals surface area contributed by atoms with Gasteiger partial charge in [0.1, 0.15) is 0 Å². The number of benzene rings is 1. The van der Waals surface area contributed by atoms with Crippen molar-refractivity contribution in [1.82, 2.24) is 0 Å². The van der Waals surface area contributed by atoms with Gasteiger partial charge in [-0.05, 0) is 17.0 Å². The molecule has 19 heavy (non-hydrogen) atoms. The van der Waals surface area contributed by atoms with Crippen molar-refractivity contribution in [2.45, 2.75) is 39.5 Å². The van der Waals surface area contributed by atoms with Crippen LogP contribution in [0.5, 0.6) is 0 Å². The highest BCUT2D eigenvalue weighted by Crippen LogP contribution is 2.29. The van der Waals surface area contributed by atoms with Crippen LogP contribution < -0.4 is 11.1 Å². The van der Waals surface area contributed by atoms with Gasteiger partial charge in [0.05, 0.1) is 0 Å². The molecule has 0 heterocycles. The van der Waals surface area contributed by atoms with Crippen LogP contribution in [0.15, 0.2) is 24.3 Å². The molecule has 0 saturated heterocycles. The Kier molecular flexibility index (Phi) is 4.70. The van der Waals surface area contributed by atoms with Crippen molar-refractivity contribution in [3.8, 4) is 0 Å². The molecule has 1 atom stereocenters. The minimum Gasteiger partial charge on any atom is -0.370 e. The Morgan fingerprint density at radius 1 is 1.26 bits per heavy atom. The fourth-order valence-electron chi connectivity index (χ4n) is 1.90. The molecule has 0 spiro atoms. The average Bonchev–Trinajstić information content (AvgIpc) is 2.27. The summed E-state index contributed by atoms with van der Waals surface area (Å²) in [7, 11) is 0. The van der Waals surface area contributed by atoms with Gasteiger partial charge in [-0.15, -0.1) is 0 Å². The van der Waals surface area contributed by atoms with E-state index in [0.717, 1.165) is 11.3 Å². The predicted octanol–water partition coefficient (Wildman–Crippen LogP) is 2.43. The fourth-order valence-corrected chi connectivity index (χ4v) is 1.90. The Balaban J connectivity index is 2.88. The van der Waals surface area contributed by atoms with Gasteiger partial charge in [0, 0.05) is 18.0 Å². The average molecular weight is 262 g/mol. The summed E-state index contributed by atoms with van der Waals surface area (Å²) in [6, 6.07) is 7.69. The first kappa shape index (κ1) is 15.2. The molecular weight excluding hydrogens is 240 g/mol. The van der Waals surface area contributed by atoms with E-state index in [1.165, 1.54) is 0 Å². The highest BCUT2D eigenvalue weighted by atomic mass is 16.2. The molecular formula is C15H22N2O2. The maximum absolute atomic E-state index is 12.0. The monoisotopic (exact) mass is 262 g/mol. The number of hydrogen-bond donors (Lipinski definition) is 2. The van der Waals surface area contributed by atoms with Gasteiger partial charge in [-0.2, -0.15) is 0 Å². The second kappa shape index (κ2) is 5.87. The topological polar surface area (TPSA) is 72.2 Å². The molecule has 1 aromatic rings. The minimum atomic E-state index is -0.466. The van der Waals surface area contributed by atoms with E-state index in [4.69, 9.17) is 5.73 Å². The number of primary amides is 1. The lowest BCUT2D eigenvalue weighted by atomic mass is 9.85. The van der Waals surface area contributed by atoms with E-state index in [2.05, 4.69) is 26.1 Å². The molecule has 0 aliphatic heterocycles. The number of nitrogens with two attached hydrogens (primary N) is 1. The Labute approximate surface area is 114 Å². The first-order valence-electron chi connectivity index (χ1n) is 6.40. The number of carbonyl (C=O) groups is 2. The highest BCUT2D eigenvalue weighted by molar-refractivity contribution is 5.95. The molecule has 0 aliphatic rings. The third-order valence-corrected chi connectivity index (χ3v) is 2.95. The lowest BCUT2D eigenvalue weighted by Crippen LogP contribution is -2.27. The summed E-state index contributed by atoms with van der Waals surface area (Å²) >= 11 is 0. The highest BCUT2D eigenvalue weighted by Gasteiger charge is 2.21. The third-order valence-electron chi connectivity index (χ3n) is 2.95. The molecule has 4 heteroatoms. The van der Waals surface area contributed by atoms with Crippen LogP contribution in [0.25, 0.3) is 0 Å². The summed E-state index contributed by atoms with van der Waals surface area (Å²) in [4.78, 5) is 22.8. The van der Waals surface area contributed by atoms with E-state index in [9.17, 15) is 9.59 Å². The third kappa shape index (κ3) is 4.39. The van der Waals surface area contributed by atoms with Crippen LogP contribution in [0.3, 0.4) is 0 Å². The molecule has 0 radical (unpaired) electrons. The van der Waals surface area contributed by atoms with Crippen LogP contribution >= 0.6 is 0 Å². The Morgan fingerprint density at radius 2 is 1.84 bits per heavy atom. The zero-order valence-corrected chi connectivity index (χ0v) is 12.0. The summed E-state index contributed by atoms with van der Waals surface area (Å²) in [5.74, 6) is -1.08. The van der Waals surface area contributed by atoms with Gasteiger partial charge in [-0.3, -0.25) is 9.59 Å². The van der Waals surface area contributed by atoms with Gasteiger partial charge in [0.25, 0.3) is 0 Å². The van der Waals surface area contributed by atoms with Crippen molar-refractivity contribution in [2.24, 2.45) is 11.7 Å². The van der Waals surface area contributed by atoms with E-state index in [-0.39, 0.29) is 17.7 Å². The summed E-state index contributed by atoms with van der Waals surface area (Å²) in [5.41, 5.74) is 6.90. The number of rotatable bonds is 4. The number of para-hydroxylation sites is 1. The standard InChI is InChI=1S/C15H22N2O2/c1-10(9-13(16)18)14(19)17-12-8-6-5-7-11(12)15(2,3)4/h5-8,10H,9H2,1-4H3,(H2,16,18)(H,17,19). The molecule has 2 amide bonds. The minimum absolute atomic E-state index is 0.0587. The molecule has 1 rings (SSSR count). The zero-order chi connectivity index (χ0) is 14.6. The van der Waals surface area contributed by atoms with Crippen molar-refractivity contribution in [1.29, 1.82) is 0 Å². The van der Waals surface area contributed by atoms with Crippen molar-refractivity contribution in [2.75, 3.05) is 5.32 Å². The second-order valence-electron chi connectivity index (χ2n) is 5.86. The van der Waals surface area contributed by atoms with Crippen molar-refractivity contribution in [3.05, 3.63) is 29.8 Å². The van der Waals surface area contributed by atoms with E-state index in [1.807, 2.05) is 24.3 Å². The summed E-state index contributed by atoms with van der Waals surface area (Å²) < 4.78 is 0. The Bertz CT molecular complexity index is 475. The van der Waals surface area contributed by atoms with Crippen molar-refractivity contribution in [3.63, 3.8) is 0 Å². The van der Waals surface area contributed by atoms with Crippen LogP contribution in [-0.4, -0.2) is 11.8 Å². The van der Waals surface area contributed by atoms with Crippen LogP contribution in [0.1, 0.15) is 39.7 Å². The van der Waals surface area contributed by atoms with Crippen LogP contribution in [0.4, 0.5) is 5.69 Å². The maximum Gasteiger partial charge on any atom is 0.227 e. The number of carbonyl (C=O) groups excluding carboxylic acids is 2. The van der Waals surface area contributed by atoms with E-state index in [1.54, 1.807) is 6.92 Å².